The molecule has 0 saturated heterocycles. The molecule has 0 aliphatic rings. The van der Waals surface area contributed by atoms with E-state index in [4.69, 9.17) is 10.5 Å². The summed E-state index contributed by atoms with van der Waals surface area (Å²) in [7, 11) is 0. The molecule has 0 radical (unpaired) electrons. The molecule has 29 heavy (non-hydrogen) atoms. The second-order valence-electron chi connectivity index (χ2n) is 7.88. The Bertz CT molecular complexity index is 1020. The smallest absolute Gasteiger partial charge is 0.326 e. The predicted octanol–water partition coefficient (Wildman–Crippen LogP) is 1.00. The van der Waals surface area contributed by atoms with Crippen LogP contribution in [0.2, 0.25) is 0 Å². The summed E-state index contributed by atoms with van der Waals surface area (Å²) in [6.07, 6.45) is 0.308. The number of nitrogen functional groups attached to an aromatic ring is 1. The third-order valence-electron chi connectivity index (χ3n) is 4.18. The molecule has 1 aromatic carbocycles. The number of ketones is 1. The first kappa shape index (κ1) is 21.9. The zero-order valence-electron chi connectivity index (χ0n) is 16.9. The third-order valence-corrected chi connectivity index (χ3v) is 4.18. The lowest BCUT2D eigenvalue weighted by molar-refractivity contribution is -0.125. The summed E-state index contributed by atoms with van der Waals surface area (Å²) in [6, 6.07) is 6.75. The van der Waals surface area contributed by atoms with Crippen molar-refractivity contribution < 1.29 is 14.3 Å². The topological polar surface area (TPSA) is 147 Å². The molecule has 0 bridgehead atoms. The van der Waals surface area contributed by atoms with E-state index in [0.717, 1.165) is 5.56 Å². The first-order valence-corrected chi connectivity index (χ1v) is 9.15. The fraction of sp³-hybridized carbons (Fsp3) is 0.400. The van der Waals surface area contributed by atoms with Crippen molar-refractivity contribution in [2.24, 2.45) is 5.41 Å². The number of H-pyrrole nitrogens is 2. The van der Waals surface area contributed by atoms with Gasteiger partial charge in [-0.1, -0.05) is 32.9 Å². The number of rotatable bonds is 7. The summed E-state index contributed by atoms with van der Waals surface area (Å²) in [5.74, 6) is 0.000389. The van der Waals surface area contributed by atoms with Crippen molar-refractivity contribution in [2.45, 2.75) is 40.2 Å². The fourth-order valence-corrected chi connectivity index (χ4v) is 2.43. The zero-order chi connectivity index (χ0) is 21.8. The first-order chi connectivity index (χ1) is 13.5. The minimum Gasteiger partial charge on any atom is -0.491 e. The van der Waals surface area contributed by atoms with Gasteiger partial charge in [0, 0.05) is 11.8 Å². The number of nitrogens with two attached hydrogens (primary N) is 1. The average Bonchev–Trinajstić information content (AvgIpc) is 2.62. The molecule has 1 amide bonds. The average molecular weight is 402 g/mol. The van der Waals surface area contributed by atoms with Crippen molar-refractivity contribution in [3.63, 3.8) is 0 Å². The molecule has 1 atom stereocenters. The number of amides is 1. The highest BCUT2D eigenvalue weighted by Gasteiger charge is 2.21. The van der Waals surface area contributed by atoms with Crippen LogP contribution in [0.3, 0.4) is 0 Å². The monoisotopic (exact) mass is 402 g/mol. The van der Waals surface area contributed by atoms with Crippen molar-refractivity contribution >= 4 is 17.4 Å². The van der Waals surface area contributed by atoms with Crippen LogP contribution < -0.4 is 27.0 Å². The van der Waals surface area contributed by atoms with Crippen LogP contribution >= 0.6 is 0 Å². The lowest BCUT2D eigenvalue weighted by Crippen LogP contribution is -2.40. The number of benzene rings is 1. The summed E-state index contributed by atoms with van der Waals surface area (Å²) in [4.78, 5) is 51.4. The summed E-state index contributed by atoms with van der Waals surface area (Å²) >= 11 is 0. The molecule has 0 saturated carbocycles. The van der Waals surface area contributed by atoms with Crippen molar-refractivity contribution in [1.82, 2.24) is 15.3 Å². The summed E-state index contributed by atoms with van der Waals surface area (Å²) in [5, 5.41) is 2.61. The van der Waals surface area contributed by atoms with Gasteiger partial charge in [0.1, 0.15) is 29.5 Å². The highest BCUT2D eigenvalue weighted by atomic mass is 16.5. The van der Waals surface area contributed by atoms with E-state index in [1.807, 2.05) is 31.8 Å². The molecule has 1 heterocycles. The van der Waals surface area contributed by atoms with Crippen LogP contribution in [0.1, 0.15) is 43.7 Å². The standard InChI is InChI=1S/C20H26N4O5/c1-11(22-18(27)16-15(21)17(26)24-19(28)23-16)10-29-13-7-5-6-12(8-13)9-14(25)20(2,3)4/h5-8,11H,9-10,21H2,1-4H3,(H,22,27)(H2,23,24,26,28)/t11-/m1/s1. The highest BCUT2D eigenvalue weighted by Crippen LogP contribution is 2.20. The summed E-state index contributed by atoms with van der Waals surface area (Å²) in [6.45, 7) is 7.46. The molecule has 5 N–H and O–H groups in total. The Kier molecular flexibility index (Phi) is 6.63. The number of nitrogens with one attached hydrogen (secondary N) is 3. The molecule has 0 unspecified atom stereocenters. The van der Waals surface area contributed by atoms with Gasteiger partial charge >= 0.3 is 5.69 Å². The van der Waals surface area contributed by atoms with Gasteiger partial charge in [-0.25, -0.2) is 4.79 Å². The van der Waals surface area contributed by atoms with Gasteiger partial charge in [-0.15, -0.1) is 0 Å². The Hall–Kier alpha value is -3.36. The lowest BCUT2D eigenvalue weighted by atomic mass is 9.87. The van der Waals surface area contributed by atoms with E-state index in [1.165, 1.54) is 0 Å². The molecule has 1 aromatic heterocycles. The molecule has 2 rings (SSSR count). The van der Waals surface area contributed by atoms with Gasteiger partial charge in [0.25, 0.3) is 11.5 Å². The number of ether oxygens (including phenoxy) is 1. The van der Waals surface area contributed by atoms with Gasteiger partial charge < -0.3 is 20.8 Å². The molecule has 0 fully saturated rings. The van der Waals surface area contributed by atoms with Crippen LogP contribution in [0.5, 0.6) is 5.75 Å². The molecular formula is C20H26N4O5. The van der Waals surface area contributed by atoms with Crippen molar-refractivity contribution in [3.05, 3.63) is 56.4 Å². The quantitative estimate of drug-likeness (QED) is 0.543. The fourth-order valence-electron chi connectivity index (χ4n) is 2.43. The van der Waals surface area contributed by atoms with E-state index in [2.05, 4.69) is 10.3 Å². The van der Waals surface area contributed by atoms with Crippen LogP contribution in [0.15, 0.2) is 33.9 Å². The summed E-state index contributed by atoms with van der Waals surface area (Å²) < 4.78 is 5.69. The maximum atomic E-state index is 12.3. The number of hydrogen-bond acceptors (Lipinski definition) is 6. The number of Topliss-reactive ketones (excluding diaryl/α,β-unsaturated/α-hetero) is 1. The van der Waals surface area contributed by atoms with Crippen LogP contribution in [0, 0.1) is 5.41 Å². The lowest BCUT2D eigenvalue weighted by Gasteiger charge is -2.17. The normalized spacial score (nSPS) is 12.3. The number of carbonyl (C=O) groups excluding carboxylic acids is 2. The van der Waals surface area contributed by atoms with Crippen molar-refractivity contribution in [3.8, 4) is 5.75 Å². The third kappa shape index (κ3) is 6.06. The maximum absolute atomic E-state index is 12.3. The van der Waals surface area contributed by atoms with E-state index < -0.39 is 28.6 Å². The molecule has 156 valence electrons. The van der Waals surface area contributed by atoms with Crippen LogP contribution in [0.25, 0.3) is 0 Å². The van der Waals surface area contributed by atoms with Crippen molar-refractivity contribution in [2.75, 3.05) is 12.3 Å². The Morgan fingerprint density at radius 1 is 1.21 bits per heavy atom. The van der Waals surface area contributed by atoms with E-state index in [-0.39, 0.29) is 23.8 Å². The van der Waals surface area contributed by atoms with E-state index >= 15 is 0 Å². The number of anilines is 1. The first-order valence-electron chi connectivity index (χ1n) is 9.15. The van der Waals surface area contributed by atoms with E-state index in [0.29, 0.717) is 12.2 Å². The zero-order valence-corrected chi connectivity index (χ0v) is 16.9. The Morgan fingerprint density at radius 2 is 1.90 bits per heavy atom. The van der Waals surface area contributed by atoms with Gasteiger partial charge in [0.05, 0.1) is 6.04 Å². The Labute approximate surface area is 167 Å². The molecule has 9 nitrogen and oxygen atoms in total. The highest BCUT2D eigenvalue weighted by molar-refractivity contribution is 5.96. The van der Waals surface area contributed by atoms with Crippen LogP contribution in [-0.2, 0) is 11.2 Å². The summed E-state index contributed by atoms with van der Waals surface area (Å²) in [5.41, 5.74) is 3.65. The van der Waals surface area contributed by atoms with Crippen LogP contribution in [0.4, 0.5) is 5.69 Å². The minimum atomic E-state index is -0.829. The Morgan fingerprint density at radius 3 is 2.55 bits per heavy atom. The van der Waals surface area contributed by atoms with Gasteiger partial charge in [0.15, 0.2) is 0 Å². The number of hydrogen-bond donors (Lipinski definition) is 4. The van der Waals surface area contributed by atoms with Gasteiger partial charge in [-0.2, -0.15) is 0 Å². The molecular weight excluding hydrogens is 376 g/mol. The minimum absolute atomic E-state index is 0.125. The van der Waals surface area contributed by atoms with Gasteiger partial charge in [-0.05, 0) is 24.6 Å². The molecule has 0 spiro atoms. The molecule has 2 aromatic rings. The predicted molar refractivity (Wildman–Crippen MR) is 109 cm³/mol. The molecule has 0 aliphatic carbocycles. The molecule has 9 heteroatoms. The van der Waals surface area contributed by atoms with Gasteiger partial charge in [-0.3, -0.25) is 19.4 Å². The Balaban J connectivity index is 1.97. The molecule has 0 aliphatic heterocycles. The largest absolute Gasteiger partial charge is 0.491 e. The maximum Gasteiger partial charge on any atom is 0.326 e. The second kappa shape index (κ2) is 8.76. The number of aromatic nitrogens is 2. The number of carbonyl (C=O) groups is 2. The second-order valence-corrected chi connectivity index (χ2v) is 7.88. The van der Waals surface area contributed by atoms with E-state index in [9.17, 15) is 19.2 Å². The number of aromatic amines is 2. The van der Waals surface area contributed by atoms with E-state index in [1.54, 1.807) is 25.1 Å². The van der Waals surface area contributed by atoms with Crippen LogP contribution in [-0.4, -0.2) is 34.3 Å². The van der Waals surface area contributed by atoms with Gasteiger partial charge in [0.2, 0.25) is 0 Å². The van der Waals surface area contributed by atoms with Crippen molar-refractivity contribution in [1.29, 1.82) is 0 Å². The SMILES string of the molecule is C[C@H](COc1cccc(CC(=O)C(C)(C)C)c1)NC(=O)c1[nH]c(=O)[nH]c(=O)c1N.